The lowest BCUT2D eigenvalue weighted by molar-refractivity contribution is 0.0910. The lowest BCUT2D eigenvalue weighted by atomic mass is 10.2. The molecule has 0 aliphatic carbocycles. The third-order valence-electron chi connectivity index (χ3n) is 4.33. The summed E-state index contributed by atoms with van der Waals surface area (Å²) in [5.74, 6) is 0.759. The van der Waals surface area contributed by atoms with E-state index in [0.717, 1.165) is 34.2 Å². The average Bonchev–Trinajstić information content (AvgIpc) is 3.26. The Morgan fingerprint density at radius 3 is 3.04 bits per heavy atom. The van der Waals surface area contributed by atoms with Gasteiger partial charge < -0.3 is 9.72 Å². The summed E-state index contributed by atoms with van der Waals surface area (Å²) in [7, 11) is 0. The van der Waals surface area contributed by atoms with Crippen molar-refractivity contribution in [2.24, 2.45) is 0 Å². The first-order valence-corrected chi connectivity index (χ1v) is 8.98. The first kappa shape index (κ1) is 16.1. The predicted octanol–water partition coefficient (Wildman–Crippen LogP) is 4.19. The second kappa shape index (κ2) is 6.84. The topological polar surface area (TPSA) is 71.1 Å². The Bertz CT molecular complexity index is 896. The SMILES string of the molecule is O=C(OCc1ccccc1)N1CCCC1c1nc2ncc(Br)cc2[nH]1. The van der Waals surface area contributed by atoms with Gasteiger partial charge in [0.05, 0.1) is 11.6 Å². The third kappa shape index (κ3) is 3.37. The van der Waals surface area contributed by atoms with Crippen molar-refractivity contribution in [2.45, 2.75) is 25.5 Å². The molecule has 1 amide bonds. The smallest absolute Gasteiger partial charge is 0.410 e. The van der Waals surface area contributed by atoms with Gasteiger partial charge in [-0.3, -0.25) is 4.90 Å². The summed E-state index contributed by atoms with van der Waals surface area (Å²) in [6.07, 6.45) is 3.20. The van der Waals surface area contributed by atoms with Gasteiger partial charge in [-0.2, -0.15) is 0 Å². The first-order chi connectivity index (χ1) is 12.2. The van der Waals surface area contributed by atoms with Gasteiger partial charge in [0.2, 0.25) is 0 Å². The van der Waals surface area contributed by atoms with Crippen LogP contribution < -0.4 is 0 Å². The van der Waals surface area contributed by atoms with Crippen molar-refractivity contribution >= 4 is 33.2 Å². The summed E-state index contributed by atoms with van der Waals surface area (Å²) in [4.78, 5) is 26.4. The zero-order valence-electron chi connectivity index (χ0n) is 13.5. The van der Waals surface area contributed by atoms with Crippen LogP contribution in [0.1, 0.15) is 30.3 Å². The molecule has 0 bridgehead atoms. The molecule has 6 nitrogen and oxygen atoms in total. The van der Waals surface area contributed by atoms with Gasteiger partial charge in [-0.05, 0) is 40.4 Å². The summed E-state index contributed by atoms with van der Waals surface area (Å²) in [6.45, 7) is 0.948. The van der Waals surface area contributed by atoms with Gasteiger partial charge in [-0.1, -0.05) is 30.3 Å². The van der Waals surface area contributed by atoms with Crippen LogP contribution in [0.3, 0.4) is 0 Å². The van der Waals surface area contributed by atoms with E-state index >= 15 is 0 Å². The predicted molar refractivity (Wildman–Crippen MR) is 96.9 cm³/mol. The van der Waals surface area contributed by atoms with Gasteiger partial charge in [0.25, 0.3) is 0 Å². The number of nitrogens with zero attached hydrogens (tertiary/aromatic N) is 3. The standard InChI is InChI=1S/C18H17BrN4O2/c19-13-9-14-16(20-10-13)22-17(21-14)15-7-4-8-23(15)18(24)25-11-12-5-2-1-3-6-12/h1-3,5-6,9-10,15H,4,7-8,11H2,(H,20,21,22). The molecule has 3 heterocycles. The van der Waals surface area contributed by atoms with Crippen LogP contribution in [0.5, 0.6) is 0 Å². The van der Waals surface area contributed by atoms with Crippen LogP contribution in [0.15, 0.2) is 47.1 Å². The molecule has 25 heavy (non-hydrogen) atoms. The van der Waals surface area contributed by atoms with Crippen molar-refractivity contribution in [1.82, 2.24) is 19.9 Å². The molecule has 1 aliphatic heterocycles. The number of aromatic nitrogens is 3. The summed E-state index contributed by atoms with van der Waals surface area (Å²) in [6, 6.07) is 11.5. The highest BCUT2D eigenvalue weighted by atomic mass is 79.9. The molecule has 1 atom stereocenters. The van der Waals surface area contributed by atoms with Crippen molar-refractivity contribution in [3.8, 4) is 0 Å². The number of H-pyrrole nitrogens is 1. The molecule has 0 radical (unpaired) electrons. The number of carbonyl (C=O) groups excluding carboxylic acids is 1. The Balaban J connectivity index is 1.50. The Morgan fingerprint density at radius 1 is 1.36 bits per heavy atom. The molecule has 4 rings (SSSR count). The van der Waals surface area contributed by atoms with Gasteiger partial charge in [-0.15, -0.1) is 0 Å². The van der Waals surface area contributed by atoms with E-state index in [9.17, 15) is 4.79 Å². The highest BCUT2D eigenvalue weighted by Crippen LogP contribution is 2.32. The molecule has 1 fully saturated rings. The number of hydrogen-bond acceptors (Lipinski definition) is 4. The fourth-order valence-electron chi connectivity index (χ4n) is 3.12. The van der Waals surface area contributed by atoms with Crippen LogP contribution in [0, 0.1) is 0 Å². The molecule has 3 aromatic rings. The summed E-state index contributed by atoms with van der Waals surface area (Å²) < 4.78 is 6.37. The quantitative estimate of drug-likeness (QED) is 0.714. The number of benzene rings is 1. The number of halogens is 1. The number of pyridine rings is 1. The summed E-state index contributed by atoms with van der Waals surface area (Å²) in [5.41, 5.74) is 2.49. The van der Waals surface area contributed by atoms with E-state index in [1.54, 1.807) is 11.1 Å². The van der Waals surface area contributed by atoms with E-state index in [1.165, 1.54) is 0 Å². The molecule has 1 unspecified atom stereocenters. The van der Waals surface area contributed by atoms with Gasteiger partial charge in [-0.25, -0.2) is 14.8 Å². The minimum absolute atomic E-state index is 0.101. The van der Waals surface area contributed by atoms with E-state index in [-0.39, 0.29) is 18.7 Å². The molecule has 1 N–H and O–H groups in total. The first-order valence-electron chi connectivity index (χ1n) is 8.19. The molecule has 0 saturated carbocycles. The zero-order chi connectivity index (χ0) is 17.2. The van der Waals surface area contributed by atoms with Crippen molar-refractivity contribution in [3.05, 3.63) is 58.5 Å². The highest BCUT2D eigenvalue weighted by molar-refractivity contribution is 9.10. The van der Waals surface area contributed by atoms with E-state index in [4.69, 9.17) is 4.74 Å². The normalized spacial score (nSPS) is 17.2. The Hall–Kier alpha value is -2.41. The van der Waals surface area contributed by atoms with Crippen LogP contribution in [-0.4, -0.2) is 32.5 Å². The van der Waals surface area contributed by atoms with Crippen LogP contribution in [-0.2, 0) is 11.3 Å². The van der Waals surface area contributed by atoms with E-state index in [1.807, 2.05) is 36.4 Å². The molecule has 1 aliphatic rings. The van der Waals surface area contributed by atoms with Gasteiger partial charge in [0.15, 0.2) is 5.65 Å². The maximum absolute atomic E-state index is 12.5. The highest BCUT2D eigenvalue weighted by Gasteiger charge is 2.33. The maximum Gasteiger partial charge on any atom is 0.410 e. The molecule has 1 aromatic carbocycles. The minimum atomic E-state index is -0.305. The number of likely N-dealkylation sites (tertiary alicyclic amines) is 1. The number of ether oxygens (including phenoxy) is 1. The second-order valence-electron chi connectivity index (χ2n) is 6.04. The number of amides is 1. The van der Waals surface area contributed by atoms with Gasteiger partial charge in [0.1, 0.15) is 12.4 Å². The van der Waals surface area contributed by atoms with Crippen LogP contribution in [0.4, 0.5) is 4.79 Å². The number of aromatic amines is 1. The van der Waals surface area contributed by atoms with Gasteiger partial charge in [0, 0.05) is 17.2 Å². The van der Waals surface area contributed by atoms with Crippen LogP contribution >= 0.6 is 15.9 Å². The molecule has 1 saturated heterocycles. The van der Waals surface area contributed by atoms with Crippen molar-refractivity contribution in [3.63, 3.8) is 0 Å². The fourth-order valence-corrected chi connectivity index (χ4v) is 3.45. The largest absolute Gasteiger partial charge is 0.445 e. The lowest BCUT2D eigenvalue weighted by Gasteiger charge is -2.22. The molecule has 2 aromatic heterocycles. The van der Waals surface area contributed by atoms with Crippen molar-refractivity contribution in [1.29, 1.82) is 0 Å². The third-order valence-corrected chi connectivity index (χ3v) is 4.76. The number of rotatable bonds is 3. The molecule has 128 valence electrons. The maximum atomic E-state index is 12.5. The van der Waals surface area contributed by atoms with Crippen LogP contribution in [0.2, 0.25) is 0 Å². The van der Waals surface area contributed by atoms with E-state index in [2.05, 4.69) is 30.9 Å². The number of fused-ring (bicyclic) bond motifs is 1. The van der Waals surface area contributed by atoms with Crippen molar-refractivity contribution in [2.75, 3.05) is 6.54 Å². The monoisotopic (exact) mass is 400 g/mol. The Labute approximate surface area is 153 Å². The number of imidazole rings is 1. The molecular formula is C18H17BrN4O2. The molecule has 7 heteroatoms. The molecular weight excluding hydrogens is 384 g/mol. The average molecular weight is 401 g/mol. The van der Waals surface area contributed by atoms with E-state index < -0.39 is 0 Å². The fraction of sp³-hybridized carbons (Fsp3) is 0.278. The van der Waals surface area contributed by atoms with Crippen molar-refractivity contribution < 1.29 is 9.53 Å². The number of hydrogen-bond donors (Lipinski definition) is 1. The Kier molecular flexibility index (Phi) is 4.40. The number of carbonyl (C=O) groups is 1. The lowest BCUT2D eigenvalue weighted by Crippen LogP contribution is -2.31. The minimum Gasteiger partial charge on any atom is -0.445 e. The van der Waals surface area contributed by atoms with E-state index in [0.29, 0.717) is 12.2 Å². The number of nitrogens with one attached hydrogen (secondary N) is 1. The molecule has 0 spiro atoms. The van der Waals surface area contributed by atoms with Crippen LogP contribution in [0.25, 0.3) is 11.2 Å². The Morgan fingerprint density at radius 2 is 2.20 bits per heavy atom. The summed E-state index contributed by atoms with van der Waals surface area (Å²) in [5, 5.41) is 0. The van der Waals surface area contributed by atoms with Gasteiger partial charge >= 0.3 is 6.09 Å². The zero-order valence-corrected chi connectivity index (χ0v) is 15.1. The summed E-state index contributed by atoms with van der Waals surface area (Å²) >= 11 is 3.41. The second-order valence-corrected chi connectivity index (χ2v) is 6.95.